The maximum absolute atomic E-state index is 5.26. The Labute approximate surface area is 95.3 Å². The minimum atomic E-state index is 0.331. The Morgan fingerprint density at radius 3 is 2.88 bits per heavy atom. The van der Waals surface area contributed by atoms with Crippen LogP contribution in [0.1, 0.15) is 25.6 Å². The fraction of sp³-hybridized carbons (Fsp3) is 0.800. The van der Waals surface area contributed by atoms with Crippen molar-refractivity contribution in [2.24, 2.45) is 0 Å². The molecule has 16 heavy (non-hydrogen) atoms. The lowest BCUT2D eigenvalue weighted by Crippen LogP contribution is -2.22. The van der Waals surface area contributed by atoms with Crippen molar-refractivity contribution in [3.63, 3.8) is 0 Å². The van der Waals surface area contributed by atoms with E-state index in [9.17, 15) is 0 Å². The number of ether oxygens (including phenoxy) is 2. The summed E-state index contributed by atoms with van der Waals surface area (Å²) in [6, 6.07) is 0.403. The van der Waals surface area contributed by atoms with Crippen LogP contribution in [0.4, 0.5) is 0 Å². The first-order valence-electron chi connectivity index (χ1n) is 5.34. The molecule has 1 heterocycles. The zero-order valence-electron chi connectivity index (χ0n) is 10.0. The Hall–Kier alpha value is -0.980. The fourth-order valence-electron chi connectivity index (χ4n) is 1.02. The summed E-state index contributed by atoms with van der Waals surface area (Å²) >= 11 is 0. The van der Waals surface area contributed by atoms with Crippen LogP contribution in [0, 0.1) is 0 Å². The Kier molecular flexibility index (Phi) is 5.99. The average Bonchev–Trinajstić information content (AvgIpc) is 2.70. The van der Waals surface area contributed by atoms with Gasteiger partial charge in [-0.25, -0.2) is 0 Å². The van der Waals surface area contributed by atoms with Crippen molar-refractivity contribution in [2.75, 3.05) is 20.3 Å². The summed E-state index contributed by atoms with van der Waals surface area (Å²) in [4.78, 5) is 4.17. The van der Waals surface area contributed by atoms with E-state index < -0.39 is 0 Å². The number of hydrogen-bond acceptors (Lipinski definition) is 6. The lowest BCUT2D eigenvalue weighted by molar-refractivity contribution is 0.0494. The van der Waals surface area contributed by atoms with Crippen molar-refractivity contribution in [1.29, 1.82) is 0 Å². The quantitative estimate of drug-likeness (QED) is 0.663. The van der Waals surface area contributed by atoms with Gasteiger partial charge in [-0.2, -0.15) is 4.98 Å². The molecule has 1 rings (SSSR count). The third-order valence-corrected chi connectivity index (χ3v) is 1.84. The Morgan fingerprint density at radius 2 is 2.19 bits per heavy atom. The van der Waals surface area contributed by atoms with Crippen molar-refractivity contribution in [2.45, 2.75) is 33.0 Å². The molecule has 0 radical (unpaired) electrons. The van der Waals surface area contributed by atoms with Crippen LogP contribution in [0.3, 0.4) is 0 Å². The summed E-state index contributed by atoms with van der Waals surface area (Å²) in [5, 5.41) is 7.03. The largest absolute Gasteiger partial charge is 0.382 e. The van der Waals surface area contributed by atoms with Crippen LogP contribution < -0.4 is 5.32 Å². The molecule has 0 unspecified atom stereocenters. The molecule has 6 heteroatoms. The Morgan fingerprint density at radius 1 is 1.38 bits per heavy atom. The van der Waals surface area contributed by atoms with Gasteiger partial charge in [0.25, 0.3) is 5.89 Å². The maximum atomic E-state index is 5.26. The predicted molar refractivity (Wildman–Crippen MR) is 57.8 cm³/mol. The molecule has 6 nitrogen and oxygen atoms in total. The molecular weight excluding hydrogens is 210 g/mol. The van der Waals surface area contributed by atoms with Gasteiger partial charge in [0.05, 0.1) is 19.8 Å². The van der Waals surface area contributed by atoms with Crippen molar-refractivity contribution in [1.82, 2.24) is 15.5 Å². The van der Waals surface area contributed by atoms with E-state index in [1.165, 1.54) is 0 Å². The van der Waals surface area contributed by atoms with E-state index in [2.05, 4.69) is 29.3 Å². The molecule has 0 aromatic carbocycles. The summed E-state index contributed by atoms with van der Waals surface area (Å²) < 4.78 is 15.1. The van der Waals surface area contributed by atoms with E-state index >= 15 is 0 Å². The van der Waals surface area contributed by atoms with Crippen molar-refractivity contribution >= 4 is 0 Å². The predicted octanol–water partition coefficient (Wildman–Crippen LogP) is 0.731. The van der Waals surface area contributed by atoms with Gasteiger partial charge in [-0.05, 0) is 0 Å². The second kappa shape index (κ2) is 7.32. The zero-order chi connectivity index (χ0) is 11.8. The molecule has 1 N–H and O–H groups in total. The van der Waals surface area contributed by atoms with Crippen molar-refractivity contribution in [3.05, 3.63) is 11.7 Å². The molecule has 92 valence electrons. The van der Waals surface area contributed by atoms with Gasteiger partial charge >= 0.3 is 0 Å². The minimum Gasteiger partial charge on any atom is -0.382 e. The SMILES string of the molecule is COCCOCc1nc(CNC(C)C)no1. The van der Waals surface area contributed by atoms with E-state index in [-0.39, 0.29) is 0 Å². The maximum Gasteiger partial charge on any atom is 0.252 e. The van der Waals surface area contributed by atoms with Crippen LogP contribution in [0.2, 0.25) is 0 Å². The molecule has 0 saturated carbocycles. The lowest BCUT2D eigenvalue weighted by atomic mass is 10.4. The smallest absolute Gasteiger partial charge is 0.252 e. The van der Waals surface area contributed by atoms with Crippen molar-refractivity contribution < 1.29 is 14.0 Å². The van der Waals surface area contributed by atoms with Crippen LogP contribution in [-0.4, -0.2) is 36.5 Å². The molecule has 0 spiro atoms. The van der Waals surface area contributed by atoms with Crippen LogP contribution >= 0.6 is 0 Å². The number of hydrogen-bond donors (Lipinski definition) is 1. The molecule has 1 aromatic rings. The van der Waals surface area contributed by atoms with Crippen LogP contribution in [0.5, 0.6) is 0 Å². The van der Waals surface area contributed by atoms with Gasteiger partial charge in [0, 0.05) is 13.2 Å². The summed E-state index contributed by atoms with van der Waals surface area (Å²) in [7, 11) is 1.63. The molecule has 0 fully saturated rings. The highest BCUT2D eigenvalue weighted by Crippen LogP contribution is 1.99. The average molecular weight is 229 g/mol. The van der Waals surface area contributed by atoms with Crippen LogP contribution in [-0.2, 0) is 22.6 Å². The topological polar surface area (TPSA) is 69.4 Å². The van der Waals surface area contributed by atoms with Gasteiger partial charge in [0.15, 0.2) is 5.82 Å². The fourth-order valence-corrected chi connectivity index (χ4v) is 1.02. The molecule has 0 amide bonds. The zero-order valence-corrected chi connectivity index (χ0v) is 10.0. The van der Waals surface area contributed by atoms with E-state index in [1.807, 2.05) is 0 Å². The van der Waals surface area contributed by atoms with Gasteiger partial charge in [0.1, 0.15) is 6.61 Å². The van der Waals surface area contributed by atoms with Gasteiger partial charge in [0.2, 0.25) is 0 Å². The van der Waals surface area contributed by atoms with Gasteiger partial charge < -0.3 is 19.3 Å². The third kappa shape index (κ3) is 5.20. The molecule has 0 aliphatic rings. The van der Waals surface area contributed by atoms with E-state index in [0.717, 1.165) is 0 Å². The number of nitrogens with zero attached hydrogens (tertiary/aromatic N) is 2. The summed E-state index contributed by atoms with van der Waals surface area (Å²) in [6.45, 7) is 6.16. The van der Waals surface area contributed by atoms with Gasteiger partial charge in [-0.3, -0.25) is 0 Å². The van der Waals surface area contributed by atoms with Crippen molar-refractivity contribution in [3.8, 4) is 0 Å². The first-order chi connectivity index (χ1) is 7.72. The third-order valence-electron chi connectivity index (χ3n) is 1.84. The second-order valence-corrected chi connectivity index (χ2v) is 3.69. The van der Waals surface area contributed by atoms with E-state index in [4.69, 9.17) is 14.0 Å². The lowest BCUT2D eigenvalue weighted by Gasteiger charge is -2.03. The Bertz CT molecular complexity index is 289. The van der Waals surface area contributed by atoms with Gasteiger partial charge in [-0.15, -0.1) is 0 Å². The van der Waals surface area contributed by atoms with E-state index in [1.54, 1.807) is 7.11 Å². The highest BCUT2D eigenvalue weighted by atomic mass is 16.5. The summed E-state index contributed by atoms with van der Waals surface area (Å²) in [5.41, 5.74) is 0. The molecule has 0 aliphatic heterocycles. The molecule has 0 atom stereocenters. The standard InChI is InChI=1S/C10H19N3O3/c1-8(2)11-6-9-12-10(16-13-9)7-15-5-4-14-3/h8,11H,4-7H2,1-3H3. The second-order valence-electron chi connectivity index (χ2n) is 3.69. The van der Waals surface area contributed by atoms with Gasteiger partial charge in [-0.1, -0.05) is 19.0 Å². The number of aromatic nitrogens is 2. The normalized spacial score (nSPS) is 11.2. The molecule has 0 bridgehead atoms. The number of nitrogens with one attached hydrogen (secondary N) is 1. The van der Waals surface area contributed by atoms with E-state index in [0.29, 0.717) is 44.1 Å². The monoisotopic (exact) mass is 229 g/mol. The molecule has 0 aliphatic carbocycles. The molecule has 1 aromatic heterocycles. The first kappa shape index (κ1) is 13.1. The first-order valence-corrected chi connectivity index (χ1v) is 5.34. The van der Waals surface area contributed by atoms with Crippen LogP contribution in [0.25, 0.3) is 0 Å². The van der Waals surface area contributed by atoms with Crippen LogP contribution in [0.15, 0.2) is 4.52 Å². The molecule has 0 saturated heterocycles. The number of methoxy groups -OCH3 is 1. The summed E-state index contributed by atoms with van der Waals surface area (Å²) in [5.74, 6) is 1.15. The molecular formula is C10H19N3O3. The Balaban J connectivity index is 2.22. The summed E-state index contributed by atoms with van der Waals surface area (Å²) in [6.07, 6.45) is 0. The highest BCUT2D eigenvalue weighted by Gasteiger charge is 2.06. The number of rotatable bonds is 8. The highest BCUT2D eigenvalue weighted by molar-refractivity contribution is 4.84. The minimum absolute atomic E-state index is 0.331.